The second kappa shape index (κ2) is 9.19. The van der Waals surface area contributed by atoms with Crippen molar-refractivity contribution in [3.05, 3.63) is 59.7 Å². The van der Waals surface area contributed by atoms with E-state index < -0.39 is 0 Å². The summed E-state index contributed by atoms with van der Waals surface area (Å²) in [5.41, 5.74) is 1.80. The zero-order chi connectivity index (χ0) is 17.2. The summed E-state index contributed by atoms with van der Waals surface area (Å²) in [7, 11) is 3.14. The zero-order valence-electron chi connectivity index (χ0n) is 13.7. The first-order valence-electron chi connectivity index (χ1n) is 7.41. The molecule has 0 bridgehead atoms. The average molecular weight is 328 g/mol. The molecule has 0 atom stereocenters. The molecule has 6 nitrogen and oxygen atoms in total. The van der Waals surface area contributed by atoms with Gasteiger partial charge in [-0.3, -0.25) is 4.79 Å². The van der Waals surface area contributed by atoms with Crippen molar-refractivity contribution in [2.75, 3.05) is 20.8 Å². The largest absolute Gasteiger partial charge is 0.493 e. The van der Waals surface area contributed by atoms with Gasteiger partial charge in [-0.2, -0.15) is 0 Å². The van der Waals surface area contributed by atoms with E-state index in [0.717, 1.165) is 11.1 Å². The molecule has 0 radical (unpaired) electrons. The van der Waals surface area contributed by atoms with Gasteiger partial charge in [0, 0.05) is 6.54 Å². The van der Waals surface area contributed by atoms with Crippen molar-refractivity contribution in [3.63, 3.8) is 0 Å². The van der Waals surface area contributed by atoms with Gasteiger partial charge in [0.1, 0.15) is 0 Å². The van der Waals surface area contributed by atoms with Crippen molar-refractivity contribution in [1.29, 1.82) is 0 Å². The molecule has 0 spiro atoms. The first kappa shape index (κ1) is 17.3. The van der Waals surface area contributed by atoms with Crippen LogP contribution in [0.5, 0.6) is 11.5 Å². The molecule has 6 heteroatoms. The second-order valence-electron chi connectivity index (χ2n) is 4.88. The Labute approximate surface area is 141 Å². The number of nitrogens with zero attached hydrogens (tertiary/aromatic N) is 1. The lowest BCUT2D eigenvalue weighted by Crippen LogP contribution is -2.26. The van der Waals surface area contributed by atoms with Crippen molar-refractivity contribution in [2.45, 2.75) is 6.54 Å². The summed E-state index contributed by atoms with van der Waals surface area (Å²) in [4.78, 5) is 16.7. The molecule has 0 heterocycles. The van der Waals surface area contributed by atoms with Gasteiger partial charge in [0.2, 0.25) is 0 Å². The topological polar surface area (TPSA) is 69.2 Å². The molecule has 0 fully saturated rings. The molecular formula is C18H20N2O4. The highest BCUT2D eigenvalue weighted by molar-refractivity contribution is 5.79. The van der Waals surface area contributed by atoms with Crippen LogP contribution in [0.4, 0.5) is 0 Å². The molecule has 0 aliphatic rings. The van der Waals surface area contributed by atoms with Crippen molar-refractivity contribution in [3.8, 4) is 11.5 Å². The fraction of sp³-hybridized carbons (Fsp3) is 0.222. The molecular weight excluding hydrogens is 308 g/mol. The first-order chi connectivity index (χ1) is 11.7. The quantitative estimate of drug-likeness (QED) is 0.597. The van der Waals surface area contributed by atoms with E-state index in [0.29, 0.717) is 18.0 Å². The SMILES string of the molecule is COc1ccc(CNC(=O)CO/N=C\c2ccccc2)cc1OC. The third-order valence-electron chi connectivity index (χ3n) is 3.21. The Hall–Kier alpha value is -3.02. The molecule has 1 N–H and O–H groups in total. The Bertz CT molecular complexity index is 687. The summed E-state index contributed by atoms with van der Waals surface area (Å²) in [6.07, 6.45) is 1.56. The highest BCUT2D eigenvalue weighted by atomic mass is 16.6. The number of nitrogens with one attached hydrogen (secondary N) is 1. The molecule has 1 amide bonds. The van der Waals surface area contributed by atoms with Crippen LogP contribution in [-0.2, 0) is 16.2 Å². The van der Waals surface area contributed by atoms with Gasteiger partial charge in [-0.05, 0) is 23.3 Å². The number of benzene rings is 2. The van der Waals surface area contributed by atoms with Crippen molar-refractivity contribution < 1.29 is 19.1 Å². The van der Waals surface area contributed by atoms with Crippen LogP contribution in [0.1, 0.15) is 11.1 Å². The standard InChI is InChI=1S/C18H20N2O4/c1-22-16-9-8-15(10-17(16)23-2)11-19-18(21)13-24-20-12-14-6-4-3-5-7-14/h3-10,12H,11,13H2,1-2H3,(H,19,21)/b20-12-. The molecule has 126 valence electrons. The molecule has 2 rings (SSSR count). The first-order valence-corrected chi connectivity index (χ1v) is 7.41. The minimum absolute atomic E-state index is 0.142. The Morgan fingerprint density at radius 1 is 1.08 bits per heavy atom. The third kappa shape index (κ3) is 5.31. The van der Waals surface area contributed by atoms with Crippen LogP contribution in [0.2, 0.25) is 0 Å². The van der Waals surface area contributed by atoms with Crippen LogP contribution in [0.3, 0.4) is 0 Å². The summed E-state index contributed by atoms with van der Waals surface area (Å²) in [6, 6.07) is 15.0. The Morgan fingerprint density at radius 3 is 2.54 bits per heavy atom. The fourth-order valence-electron chi connectivity index (χ4n) is 1.98. The van der Waals surface area contributed by atoms with E-state index in [4.69, 9.17) is 14.3 Å². The van der Waals surface area contributed by atoms with Gasteiger partial charge in [-0.15, -0.1) is 0 Å². The van der Waals surface area contributed by atoms with Crippen LogP contribution in [0.25, 0.3) is 0 Å². The summed E-state index contributed by atoms with van der Waals surface area (Å²) in [5, 5.41) is 6.52. The number of carbonyl (C=O) groups is 1. The molecule has 2 aromatic rings. The molecule has 0 saturated carbocycles. The molecule has 0 aromatic heterocycles. The summed E-state index contributed by atoms with van der Waals surface area (Å²) < 4.78 is 10.4. The molecule has 0 aliphatic carbocycles. The Morgan fingerprint density at radius 2 is 1.83 bits per heavy atom. The van der Waals surface area contributed by atoms with E-state index in [9.17, 15) is 4.79 Å². The van der Waals surface area contributed by atoms with Gasteiger partial charge >= 0.3 is 0 Å². The number of hydrogen-bond donors (Lipinski definition) is 1. The number of rotatable bonds is 8. The molecule has 0 saturated heterocycles. The predicted octanol–water partition coefficient (Wildman–Crippen LogP) is 2.37. The monoisotopic (exact) mass is 328 g/mol. The molecule has 0 aliphatic heterocycles. The number of oxime groups is 1. The van der Waals surface area contributed by atoms with Crippen LogP contribution in [-0.4, -0.2) is 32.9 Å². The third-order valence-corrected chi connectivity index (χ3v) is 3.21. The van der Waals surface area contributed by atoms with Gasteiger partial charge in [0.15, 0.2) is 18.1 Å². The lowest BCUT2D eigenvalue weighted by atomic mass is 10.2. The van der Waals surface area contributed by atoms with Crippen LogP contribution < -0.4 is 14.8 Å². The molecule has 2 aromatic carbocycles. The van der Waals surface area contributed by atoms with Crippen molar-refractivity contribution >= 4 is 12.1 Å². The second-order valence-corrected chi connectivity index (χ2v) is 4.88. The fourth-order valence-corrected chi connectivity index (χ4v) is 1.98. The van der Waals surface area contributed by atoms with Crippen LogP contribution >= 0.6 is 0 Å². The van der Waals surface area contributed by atoms with Gasteiger partial charge in [-0.1, -0.05) is 41.6 Å². The van der Waals surface area contributed by atoms with Crippen molar-refractivity contribution in [1.82, 2.24) is 5.32 Å². The van der Waals surface area contributed by atoms with Crippen LogP contribution in [0, 0.1) is 0 Å². The van der Waals surface area contributed by atoms with Crippen LogP contribution in [0.15, 0.2) is 53.7 Å². The highest BCUT2D eigenvalue weighted by Gasteiger charge is 2.06. The number of amides is 1. The van der Waals surface area contributed by atoms with E-state index in [1.165, 1.54) is 0 Å². The van der Waals surface area contributed by atoms with E-state index in [2.05, 4.69) is 10.5 Å². The lowest BCUT2D eigenvalue weighted by molar-refractivity contribution is -0.125. The van der Waals surface area contributed by atoms with Gasteiger partial charge in [-0.25, -0.2) is 0 Å². The highest BCUT2D eigenvalue weighted by Crippen LogP contribution is 2.27. The maximum atomic E-state index is 11.7. The lowest BCUT2D eigenvalue weighted by Gasteiger charge is -2.10. The number of carbonyl (C=O) groups excluding carboxylic acids is 1. The van der Waals surface area contributed by atoms with E-state index in [1.807, 2.05) is 42.5 Å². The van der Waals surface area contributed by atoms with Gasteiger partial charge < -0.3 is 19.6 Å². The van der Waals surface area contributed by atoms with Gasteiger partial charge in [0.25, 0.3) is 5.91 Å². The predicted molar refractivity (Wildman–Crippen MR) is 91.4 cm³/mol. The van der Waals surface area contributed by atoms with Crippen molar-refractivity contribution in [2.24, 2.45) is 5.16 Å². The molecule has 24 heavy (non-hydrogen) atoms. The summed E-state index contributed by atoms with van der Waals surface area (Å²) in [6.45, 7) is 0.224. The van der Waals surface area contributed by atoms with E-state index >= 15 is 0 Å². The number of hydrogen-bond acceptors (Lipinski definition) is 5. The maximum absolute atomic E-state index is 11.7. The summed E-state index contributed by atoms with van der Waals surface area (Å²) in [5.74, 6) is 1.01. The summed E-state index contributed by atoms with van der Waals surface area (Å²) >= 11 is 0. The maximum Gasteiger partial charge on any atom is 0.261 e. The van der Waals surface area contributed by atoms with Gasteiger partial charge in [0.05, 0.1) is 20.4 Å². The minimum atomic E-state index is -0.255. The molecule has 0 unspecified atom stereocenters. The average Bonchev–Trinajstić information content (AvgIpc) is 2.64. The van der Waals surface area contributed by atoms with E-state index in [1.54, 1.807) is 26.5 Å². The number of ether oxygens (including phenoxy) is 2. The smallest absolute Gasteiger partial charge is 0.261 e. The Kier molecular flexibility index (Phi) is 6.64. The minimum Gasteiger partial charge on any atom is -0.493 e. The zero-order valence-corrected chi connectivity index (χ0v) is 13.7. The normalized spacial score (nSPS) is 10.4. The Balaban J connectivity index is 1.76. The number of methoxy groups -OCH3 is 2. The van der Waals surface area contributed by atoms with E-state index in [-0.39, 0.29) is 12.5 Å².